The van der Waals surface area contributed by atoms with Gasteiger partial charge >= 0.3 is 23.9 Å². The van der Waals surface area contributed by atoms with Crippen LogP contribution in [-0.2, 0) is 25.5 Å². The Hall–Kier alpha value is -5.24. The van der Waals surface area contributed by atoms with Crippen LogP contribution < -0.4 is 14.2 Å². The lowest BCUT2D eigenvalue weighted by molar-refractivity contribution is -0.132. The number of ether oxygens (including phenoxy) is 4. The monoisotopic (exact) mass is 554 g/mol. The van der Waals surface area contributed by atoms with Gasteiger partial charge in [-0.1, -0.05) is 56.1 Å². The third-order valence-corrected chi connectivity index (χ3v) is 5.61. The maximum absolute atomic E-state index is 12.7. The van der Waals surface area contributed by atoms with Crippen LogP contribution in [0.5, 0.6) is 17.2 Å². The second-order valence-electron chi connectivity index (χ2n) is 9.28. The molecule has 3 aromatic carbocycles. The van der Waals surface area contributed by atoms with Crippen LogP contribution in [0.2, 0.25) is 0 Å². The normalized spacial score (nSPS) is 10.2. The van der Waals surface area contributed by atoms with E-state index in [1.54, 1.807) is 19.1 Å². The lowest BCUT2D eigenvalue weighted by Gasteiger charge is -2.12. The third kappa shape index (κ3) is 8.63. The molecule has 0 aromatic heterocycles. The van der Waals surface area contributed by atoms with Gasteiger partial charge in [-0.3, -0.25) is 0 Å². The van der Waals surface area contributed by atoms with E-state index in [1.165, 1.54) is 32.0 Å². The number of rotatable bonds is 11. The van der Waals surface area contributed by atoms with Crippen LogP contribution in [-0.4, -0.2) is 30.5 Å². The molecule has 0 unspecified atom stereocenters. The molecular formula is C33H30O8. The summed E-state index contributed by atoms with van der Waals surface area (Å²) >= 11 is 0. The zero-order valence-electron chi connectivity index (χ0n) is 23.2. The summed E-state index contributed by atoms with van der Waals surface area (Å²) in [6, 6.07) is 18.9. The molecular weight excluding hydrogens is 524 g/mol. The standard InChI is InChI=1S/C33H30O8/c1-20(2)30(34)39-27-14-11-25(12-15-27)24-9-7-23(8-10-24)17-18-38-33(37)26-13-16-28(40-31(35)21(3)4)29(19-26)41-32(36)22(5)6/h7-16,19H,1,3,5,17-18H2,2,4,6H3. The average molecular weight is 555 g/mol. The lowest BCUT2D eigenvalue weighted by Crippen LogP contribution is -2.14. The molecule has 0 amide bonds. The second-order valence-corrected chi connectivity index (χ2v) is 9.28. The van der Waals surface area contributed by atoms with Gasteiger partial charge in [-0.15, -0.1) is 0 Å². The van der Waals surface area contributed by atoms with Crippen LogP contribution in [0.1, 0.15) is 36.7 Å². The van der Waals surface area contributed by atoms with Crippen LogP contribution in [0.25, 0.3) is 11.1 Å². The molecule has 0 fully saturated rings. The molecule has 0 aliphatic rings. The average Bonchev–Trinajstić information content (AvgIpc) is 2.94. The highest BCUT2D eigenvalue weighted by molar-refractivity contribution is 5.93. The molecule has 0 heterocycles. The second kappa shape index (κ2) is 13.7. The molecule has 0 saturated heterocycles. The van der Waals surface area contributed by atoms with E-state index in [1.807, 2.05) is 36.4 Å². The Balaban J connectivity index is 1.61. The molecule has 0 saturated carbocycles. The van der Waals surface area contributed by atoms with Crippen molar-refractivity contribution in [2.75, 3.05) is 6.61 Å². The van der Waals surface area contributed by atoms with E-state index in [0.29, 0.717) is 17.7 Å². The van der Waals surface area contributed by atoms with Gasteiger partial charge in [0.05, 0.1) is 12.2 Å². The molecule has 3 aromatic rings. The van der Waals surface area contributed by atoms with Crippen molar-refractivity contribution < 1.29 is 38.1 Å². The minimum atomic E-state index is -0.742. The fourth-order valence-electron chi connectivity index (χ4n) is 3.29. The molecule has 210 valence electrons. The van der Waals surface area contributed by atoms with Crippen LogP contribution in [0.4, 0.5) is 0 Å². The molecule has 8 heteroatoms. The van der Waals surface area contributed by atoms with Crippen molar-refractivity contribution in [3.8, 4) is 28.4 Å². The minimum absolute atomic E-state index is 0.0493. The van der Waals surface area contributed by atoms with E-state index in [2.05, 4.69) is 19.7 Å². The summed E-state index contributed by atoms with van der Waals surface area (Å²) in [4.78, 5) is 48.4. The topological polar surface area (TPSA) is 105 Å². The van der Waals surface area contributed by atoms with Crippen LogP contribution >= 0.6 is 0 Å². The van der Waals surface area contributed by atoms with Gasteiger partial charge in [0.1, 0.15) is 5.75 Å². The van der Waals surface area contributed by atoms with Crippen molar-refractivity contribution in [3.05, 3.63) is 114 Å². The largest absolute Gasteiger partial charge is 0.462 e. The first-order valence-corrected chi connectivity index (χ1v) is 12.6. The summed E-state index contributed by atoms with van der Waals surface area (Å²) in [5, 5.41) is 0. The Labute approximate surface area is 238 Å². The molecule has 0 aliphatic heterocycles. The van der Waals surface area contributed by atoms with Gasteiger partial charge in [-0.05, 0) is 67.8 Å². The van der Waals surface area contributed by atoms with Crippen molar-refractivity contribution in [1.82, 2.24) is 0 Å². The number of esters is 4. The minimum Gasteiger partial charge on any atom is -0.462 e. The molecule has 0 spiro atoms. The lowest BCUT2D eigenvalue weighted by atomic mass is 10.0. The first kappa shape index (κ1) is 30.3. The molecule has 0 bridgehead atoms. The van der Waals surface area contributed by atoms with E-state index in [4.69, 9.17) is 18.9 Å². The maximum Gasteiger partial charge on any atom is 0.338 e. The van der Waals surface area contributed by atoms with Gasteiger partial charge in [0.15, 0.2) is 11.5 Å². The summed E-state index contributed by atoms with van der Waals surface area (Å²) in [6.07, 6.45) is 0.466. The van der Waals surface area contributed by atoms with Gasteiger partial charge in [-0.25, -0.2) is 19.2 Å². The van der Waals surface area contributed by atoms with Crippen molar-refractivity contribution in [2.45, 2.75) is 27.2 Å². The SMILES string of the molecule is C=C(C)C(=O)Oc1ccc(-c2ccc(CCOC(=O)c3ccc(OC(=O)C(=C)C)c(OC(=O)C(=C)C)c3)cc2)cc1. The third-order valence-electron chi connectivity index (χ3n) is 5.61. The quantitative estimate of drug-likeness (QED) is 0.157. The summed E-state index contributed by atoms with van der Waals surface area (Å²) in [5.41, 5.74) is 3.57. The highest BCUT2D eigenvalue weighted by Crippen LogP contribution is 2.30. The van der Waals surface area contributed by atoms with Crippen molar-refractivity contribution in [2.24, 2.45) is 0 Å². The molecule has 0 radical (unpaired) electrons. The first-order valence-electron chi connectivity index (χ1n) is 12.6. The number of hydrogen-bond donors (Lipinski definition) is 0. The Bertz CT molecular complexity index is 1510. The van der Waals surface area contributed by atoms with E-state index in [9.17, 15) is 19.2 Å². The summed E-state index contributed by atoms with van der Waals surface area (Å²) in [7, 11) is 0. The molecule has 0 atom stereocenters. The predicted octanol–water partition coefficient (Wildman–Crippen LogP) is 6.20. The van der Waals surface area contributed by atoms with E-state index in [0.717, 1.165) is 16.7 Å². The fourth-order valence-corrected chi connectivity index (χ4v) is 3.29. The van der Waals surface area contributed by atoms with Gasteiger partial charge in [0.25, 0.3) is 0 Å². The number of carbonyl (C=O) groups excluding carboxylic acids is 4. The predicted molar refractivity (Wildman–Crippen MR) is 154 cm³/mol. The highest BCUT2D eigenvalue weighted by atomic mass is 16.6. The van der Waals surface area contributed by atoms with Crippen molar-refractivity contribution >= 4 is 23.9 Å². The summed E-state index contributed by atoms with van der Waals surface area (Å²) in [6.45, 7) is 15.3. The van der Waals surface area contributed by atoms with Crippen LogP contribution in [0.3, 0.4) is 0 Å². The van der Waals surface area contributed by atoms with Gasteiger partial charge in [0.2, 0.25) is 0 Å². The molecule has 8 nitrogen and oxygen atoms in total. The Morgan fingerprint density at radius 3 is 1.63 bits per heavy atom. The zero-order valence-corrected chi connectivity index (χ0v) is 23.2. The van der Waals surface area contributed by atoms with Crippen molar-refractivity contribution in [1.29, 1.82) is 0 Å². The Kier molecular flexibility index (Phi) is 10.1. The number of benzene rings is 3. The number of hydrogen-bond acceptors (Lipinski definition) is 8. The van der Waals surface area contributed by atoms with Crippen molar-refractivity contribution in [3.63, 3.8) is 0 Å². The van der Waals surface area contributed by atoms with E-state index < -0.39 is 23.9 Å². The van der Waals surface area contributed by atoms with Crippen LogP contribution in [0, 0.1) is 0 Å². The summed E-state index contributed by atoms with van der Waals surface area (Å²) in [5.74, 6) is -2.31. The van der Waals surface area contributed by atoms with Gasteiger partial charge < -0.3 is 18.9 Å². The summed E-state index contributed by atoms with van der Waals surface area (Å²) < 4.78 is 21.1. The smallest absolute Gasteiger partial charge is 0.338 e. The molecule has 3 rings (SSSR count). The first-order chi connectivity index (χ1) is 19.4. The fraction of sp³-hybridized carbons (Fsp3) is 0.152. The van der Waals surface area contributed by atoms with E-state index >= 15 is 0 Å². The maximum atomic E-state index is 12.7. The number of carbonyl (C=O) groups is 4. The Morgan fingerprint density at radius 1 is 0.610 bits per heavy atom. The van der Waals surface area contributed by atoms with Gasteiger partial charge in [-0.2, -0.15) is 0 Å². The highest BCUT2D eigenvalue weighted by Gasteiger charge is 2.18. The molecule has 0 N–H and O–H groups in total. The Morgan fingerprint density at radius 2 is 1.10 bits per heavy atom. The van der Waals surface area contributed by atoms with E-state index in [-0.39, 0.29) is 34.8 Å². The molecule has 41 heavy (non-hydrogen) atoms. The zero-order chi connectivity index (χ0) is 30.1. The van der Waals surface area contributed by atoms with Crippen LogP contribution in [0.15, 0.2) is 103 Å². The molecule has 0 aliphatic carbocycles. The van der Waals surface area contributed by atoms with Gasteiger partial charge in [0, 0.05) is 23.1 Å².